The number of ether oxygens (including phenoxy) is 2. The maximum atomic E-state index is 11.9. The molecule has 1 aromatic rings. The summed E-state index contributed by atoms with van der Waals surface area (Å²) < 4.78 is 10.8. The number of amides is 1. The molecule has 0 aromatic heterocycles. The summed E-state index contributed by atoms with van der Waals surface area (Å²) in [5.74, 6) is -0.933. The smallest absolute Gasteiger partial charge is 0.410 e. The van der Waals surface area contributed by atoms with Crippen molar-refractivity contribution in [2.75, 3.05) is 13.1 Å². The molecule has 2 fully saturated rings. The fraction of sp³-hybridized carbons (Fsp3) is 0.467. The van der Waals surface area contributed by atoms with Gasteiger partial charge in [0.05, 0.1) is 13.1 Å². The van der Waals surface area contributed by atoms with Crippen molar-refractivity contribution in [1.29, 1.82) is 0 Å². The van der Waals surface area contributed by atoms with Crippen LogP contribution in [0.4, 0.5) is 4.79 Å². The molecule has 1 amide bonds. The van der Waals surface area contributed by atoms with Crippen molar-refractivity contribution in [3.8, 4) is 0 Å². The quantitative estimate of drug-likeness (QED) is 0.916. The summed E-state index contributed by atoms with van der Waals surface area (Å²) in [6, 6.07) is 9.46. The van der Waals surface area contributed by atoms with Crippen LogP contribution in [0.25, 0.3) is 0 Å². The van der Waals surface area contributed by atoms with E-state index < -0.39 is 17.7 Å². The first kappa shape index (κ1) is 13.9. The van der Waals surface area contributed by atoms with Crippen molar-refractivity contribution in [2.24, 2.45) is 0 Å². The lowest BCUT2D eigenvalue weighted by Crippen LogP contribution is -2.63. The lowest BCUT2D eigenvalue weighted by molar-refractivity contribution is -0.166. The highest BCUT2D eigenvalue weighted by molar-refractivity contribution is 5.73. The number of hydrogen-bond acceptors (Lipinski definition) is 4. The summed E-state index contributed by atoms with van der Waals surface area (Å²) >= 11 is 0. The summed E-state index contributed by atoms with van der Waals surface area (Å²) in [5, 5.41) is 8.92. The van der Waals surface area contributed by atoms with Crippen LogP contribution in [-0.4, -0.2) is 46.9 Å². The number of rotatable bonds is 3. The molecule has 0 radical (unpaired) electrons. The second-order valence-electron chi connectivity index (χ2n) is 5.56. The molecule has 1 atom stereocenters. The number of aliphatic carboxylic acids is 1. The van der Waals surface area contributed by atoms with Gasteiger partial charge in [0, 0.05) is 0 Å². The number of carbonyl (C=O) groups excluding carboxylic acids is 1. The van der Waals surface area contributed by atoms with Gasteiger partial charge in [0.15, 0.2) is 6.10 Å². The van der Waals surface area contributed by atoms with Gasteiger partial charge in [0.2, 0.25) is 0 Å². The topological polar surface area (TPSA) is 76.1 Å². The third-order valence-electron chi connectivity index (χ3n) is 3.95. The Morgan fingerprint density at radius 2 is 2.05 bits per heavy atom. The minimum atomic E-state index is -0.933. The fourth-order valence-corrected chi connectivity index (χ4v) is 2.81. The van der Waals surface area contributed by atoms with E-state index in [0.717, 1.165) is 5.56 Å². The Morgan fingerprint density at radius 3 is 2.67 bits per heavy atom. The zero-order valence-corrected chi connectivity index (χ0v) is 11.5. The second kappa shape index (κ2) is 5.37. The number of benzene rings is 1. The Kier molecular flexibility index (Phi) is 3.55. The van der Waals surface area contributed by atoms with E-state index in [0.29, 0.717) is 25.9 Å². The molecule has 0 saturated carbocycles. The van der Waals surface area contributed by atoms with Gasteiger partial charge in [-0.3, -0.25) is 0 Å². The zero-order valence-electron chi connectivity index (χ0n) is 11.5. The molecule has 1 spiro atoms. The molecule has 6 heteroatoms. The van der Waals surface area contributed by atoms with Gasteiger partial charge in [-0.05, 0) is 18.4 Å². The molecule has 2 aliphatic heterocycles. The van der Waals surface area contributed by atoms with Gasteiger partial charge in [-0.1, -0.05) is 30.3 Å². The predicted octanol–water partition coefficient (Wildman–Crippen LogP) is 1.64. The van der Waals surface area contributed by atoms with Crippen LogP contribution in [0.1, 0.15) is 18.4 Å². The fourth-order valence-electron chi connectivity index (χ4n) is 2.81. The van der Waals surface area contributed by atoms with Crippen LogP contribution in [0.5, 0.6) is 0 Å². The standard InChI is InChI=1S/C15H17NO5/c17-13(18)12-6-7-15(21-12)9-16(10-15)14(19)20-8-11-4-2-1-3-5-11/h1-5,12H,6-10H2,(H,17,18). The number of carbonyl (C=O) groups is 2. The van der Waals surface area contributed by atoms with Gasteiger partial charge in [-0.2, -0.15) is 0 Å². The highest BCUT2D eigenvalue weighted by Gasteiger charge is 2.53. The zero-order chi connectivity index (χ0) is 14.9. The molecular formula is C15H17NO5. The predicted molar refractivity (Wildman–Crippen MR) is 72.7 cm³/mol. The van der Waals surface area contributed by atoms with Crippen molar-refractivity contribution in [2.45, 2.75) is 31.2 Å². The van der Waals surface area contributed by atoms with Crippen LogP contribution in [0.2, 0.25) is 0 Å². The summed E-state index contributed by atoms with van der Waals surface area (Å²) in [6.45, 7) is 1.05. The normalized spacial score (nSPS) is 22.9. The van der Waals surface area contributed by atoms with Gasteiger partial charge in [-0.15, -0.1) is 0 Å². The van der Waals surface area contributed by atoms with E-state index in [4.69, 9.17) is 14.6 Å². The van der Waals surface area contributed by atoms with Crippen LogP contribution < -0.4 is 0 Å². The maximum Gasteiger partial charge on any atom is 0.410 e. The minimum absolute atomic E-state index is 0.238. The Hall–Kier alpha value is -2.08. The molecular weight excluding hydrogens is 274 g/mol. The first-order valence-electron chi connectivity index (χ1n) is 6.94. The Labute approximate surface area is 122 Å². The third-order valence-corrected chi connectivity index (χ3v) is 3.95. The Bertz CT molecular complexity index is 538. The monoisotopic (exact) mass is 291 g/mol. The van der Waals surface area contributed by atoms with Crippen molar-refractivity contribution < 1.29 is 24.2 Å². The van der Waals surface area contributed by atoms with Gasteiger partial charge >= 0.3 is 12.1 Å². The largest absolute Gasteiger partial charge is 0.479 e. The summed E-state index contributed by atoms with van der Waals surface area (Å²) in [4.78, 5) is 24.3. The highest BCUT2D eigenvalue weighted by atomic mass is 16.6. The van der Waals surface area contributed by atoms with E-state index in [-0.39, 0.29) is 12.7 Å². The third kappa shape index (κ3) is 2.85. The molecule has 2 aliphatic rings. The van der Waals surface area contributed by atoms with Gasteiger partial charge < -0.3 is 19.5 Å². The number of carboxylic acids is 1. The summed E-state index contributed by atoms with van der Waals surface area (Å²) in [7, 11) is 0. The molecule has 3 rings (SSSR count). The molecule has 0 aliphatic carbocycles. The molecule has 0 bridgehead atoms. The van der Waals surface area contributed by atoms with E-state index >= 15 is 0 Å². The lowest BCUT2D eigenvalue weighted by Gasteiger charge is -2.46. The van der Waals surface area contributed by atoms with Crippen molar-refractivity contribution in [1.82, 2.24) is 4.90 Å². The average Bonchev–Trinajstić information content (AvgIpc) is 2.90. The van der Waals surface area contributed by atoms with E-state index in [1.807, 2.05) is 30.3 Å². The van der Waals surface area contributed by atoms with Crippen LogP contribution >= 0.6 is 0 Å². The SMILES string of the molecule is O=C(O)C1CCC2(CN(C(=O)OCc3ccccc3)C2)O1. The highest BCUT2D eigenvalue weighted by Crippen LogP contribution is 2.38. The summed E-state index contributed by atoms with van der Waals surface area (Å²) in [6.07, 6.45) is 0.0497. The first-order chi connectivity index (χ1) is 10.1. The molecule has 1 unspecified atom stereocenters. The molecule has 2 heterocycles. The summed E-state index contributed by atoms with van der Waals surface area (Å²) in [5.41, 5.74) is 0.457. The number of nitrogens with zero attached hydrogens (tertiary/aromatic N) is 1. The van der Waals surface area contributed by atoms with Gasteiger partial charge in [-0.25, -0.2) is 9.59 Å². The lowest BCUT2D eigenvalue weighted by atomic mass is 9.91. The van der Waals surface area contributed by atoms with Gasteiger partial charge in [0.25, 0.3) is 0 Å². The second-order valence-corrected chi connectivity index (χ2v) is 5.56. The first-order valence-corrected chi connectivity index (χ1v) is 6.94. The van der Waals surface area contributed by atoms with Crippen LogP contribution in [0.3, 0.4) is 0 Å². The van der Waals surface area contributed by atoms with E-state index in [2.05, 4.69) is 0 Å². The van der Waals surface area contributed by atoms with Crippen molar-refractivity contribution >= 4 is 12.1 Å². The van der Waals surface area contributed by atoms with E-state index in [1.165, 1.54) is 0 Å². The van der Waals surface area contributed by atoms with Crippen molar-refractivity contribution in [3.05, 3.63) is 35.9 Å². The average molecular weight is 291 g/mol. The van der Waals surface area contributed by atoms with Crippen LogP contribution in [0.15, 0.2) is 30.3 Å². The maximum absolute atomic E-state index is 11.9. The number of carboxylic acid groups (broad SMARTS) is 1. The van der Waals surface area contributed by atoms with Crippen LogP contribution in [-0.2, 0) is 20.9 Å². The van der Waals surface area contributed by atoms with E-state index in [1.54, 1.807) is 4.90 Å². The molecule has 2 saturated heterocycles. The van der Waals surface area contributed by atoms with E-state index in [9.17, 15) is 9.59 Å². The molecule has 112 valence electrons. The van der Waals surface area contributed by atoms with Crippen molar-refractivity contribution in [3.63, 3.8) is 0 Å². The van der Waals surface area contributed by atoms with Crippen LogP contribution in [0, 0.1) is 0 Å². The molecule has 1 N–H and O–H groups in total. The van der Waals surface area contributed by atoms with Gasteiger partial charge in [0.1, 0.15) is 12.2 Å². The minimum Gasteiger partial charge on any atom is -0.479 e. The molecule has 21 heavy (non-hydrogen) atoms. The molecule has 6 nitrogen and oxygen atoms in total. The Balaban J connectivity index is 1.46. The number of likely N-dealkylation sites (tertiary alicyclic amines) is 1. The number of hydrogen-bond donors (Lipinski definition) is 1. The molecule has 1 aromatic carbocycles. The Morgan fingerprint density at radius 1 is 1.33 bits per heavy atom.